The molecule has 37 heavy (non-hydrogen) atoms. The van der Waals surface area contributed by atoms with Crippen LogP contribution in [-0.2, 0) is 32.1 Å². The van der Waals surface area contributed by atoms with Crippen LogP contribution in [0.1, 0.15) is 49.7 Å². The molecular weight excluding hydrogens is 508 g/mol. The van der Waals surface area contributed by atoms with Gasteiger partial charge in [0.15, 0.2) is 0 Å². The van der Waals surface area contributed by atoms with Crippen LogP contribution in [0.5, 0.6) is 0 Å². The Hall–Kier alpha value is -1.26. The van der Waals surface area contributed by atoms with E-state index in [-0.39, 0.29) is 19.0 Å². The van der Waals surface area contributed by atoms with Gasteiger partial charge in [-0.05, 0) is 87.7 Å². The summed E-state index contributed by atoms with van der Waals surface area (Å²) in [6.07, 6.45) is 7.07. The van der Waals surface area contributed by atoms with Gasteiger partial charge in [-0.25, -0.2) is 0 Å². The number of benzene rings is 1. The lowest BCUT2D eigenvalue weighted by atomic mass is 9.94. The number of esters is 1. The molecule has 0 aromatic heterocycles. The first-order chi connectivity index (χ1) is 18.2. The largest absolute Gasteiger partial charge is 0.468 e. The monoisotopic (exact) mass is 552 g/mol. The van der Waals surface area contributed by atoms with Crippen LogP contribution in [-0.4, -0.2) is 91.3 Å². The topological polar surface area (TPSA) is 79.3 Å². The van der Waals surface area contributed by atoms with Gasteiger partial charge in [-0.1, -0.05) is 45.9 Å². The summed E-state index contributed by atoms with van der Waals surface area (Å²) < 4.78 is 10.3. The predicted molar refractivity (Wildman–Crippen MR) is 152 cm³/mol. The first-order valence-electron chi connectivity index (χ1n) is 13.7. The van der Waals surface area contributed by atoms with Crippen molar-refractivity contribution in [2.75, 3.05) is 64.0 Å². The number of rotatable bonds is 17. The zero-order valence-electron chi connectivity index (χ0n) is 22.1. The molecule has 0 bridgehead atoms. The van der Waals surface area contributed by atoms with Gasteiger partial charge in [-0.3, -0.25) is 9.59 Å². The minimum absolute atomic E-state index is 0.0183. The quantitative estimate of drug-likeness (QED) is 0.133. The molecule has 2 heterocycles. The normalized spacial score (nSPS) is 18.1. The van der Waals surface area contributed by atoms with E-state index in [1.54, 1.807) is 0 Å². The number of nitrogens with zero attached hydrogens (tertiary/aromatic N) is 2. The molecule has 2 saturated heterocycles. The molecule has 0 unspecified atom stereocenters. The second-order valence-electron chi connectivity index (χ2n) is 10.1. The van der Waals surface area contributed by atoms with Gasteiger partial charge in [0.2, 0.25) is 0 Å². The van der Waals surface area contributed by atoms with Crippen molar-refractivity contribution in [2.24, 2.45) is 11.8 Å². The summed E-state index contributed by atoms with van der Waals surface area (Å²) in [5.74, 6) is 3.54. The number of carbonyl (C=O) groups is 2. The number of hydrogen-bond donors (Lipinski definition) is 1. The van der Waals surface area contributed by atoms with E-state index in [1.807, 2.05) is 45.9 Å². The van der Waals surface area contributed by atoms with Gasteiger partial charge in [0.25, 0.3) is 6.47 Å². The lowest BCUT2D eigenvalue weighted by Gasteiger charge is -2.32. The minimum atomic E-state index is -0.172. The van der Waals surface area contributed by atoms with Crippen LogP contribution in [0.25, 0.3) is 0 Å². The molecule has 1 N–H and O–H groups in total. The maximum Gasteiger partial charge on any atom is 0.310 e. The Morgan fingerprint density at radius 1 is 0.865 bits per heavy atom. The first-order valence-corrected chi connectivity index (χ1v) is 16.2. The van der Waals surface area contributed by atoms with Gasteiger partial charge in [0.1, 0.15) is 0 Å². The molecule has 0 spiro atoms. The summed E-state index contributed by atoms with van der Waals surface area (Å²) in [6.45, 7) is 8.61. The van der Waals surface area contributed by atoms with Crippen molar-refractivity contribution in [3.8, 4) is 0 Å². The summed E-state index contributed by atoms with van der Waals surface area (Å²) in [7, 11) is 4.00. The van der Waals surface area contributed by atoms with E-state index in [0.29, 0.717) is 31.5 Å². The third-order valence-electron chi connectivity index (χ3n) is 7.53. The average Bonchev–Trinajstić information content (AvgIpc) is 2.93. The Kier molecular flexibility index (Phi) is 14.8. The van der Waals surface area contributed by atoms with E-state index in [4.69, 9.17) is 14.6 Å². The standard InChI is InChI=1S/C28H44N2O5S2/c31-22-27-3-1-26(2-4-27)21-28(33)35-18-10-25-7-13-30(14-8-25)16-20-37-36-19-15-29-11-5-24(6-12-29)9-17-34-23-32/h1-4,23-25,31H,5-22H2. The molecule has 0 radical (unpaired) electrons. The average molecular weight is 553 g/mol. The summed E-state index contributed by atoms with van der Waals surface area (Å²) in [5.41, 5.74) is 1.77. The van der Waals surface area contributed by atoms with Crippen molar-refractivity contribution in [1.29, 1.82) is 0 Å². The van der Waals surface area contributed by atoms with Crippen molar-refractivity contribution in [3.05, 3.63) is 35.4 Å². The van der Waals surface area contributed by atoms with Crippen molar-refractivity contribution < 1.29 is 24.2 Å². The van der Waals surface area contributed by atoms with Gasteiger partial charge in [-0.2, -0.15) is 0 Å². The van der Waals surface area contributed by atoms with E-state index in [9.17, 15) is 9.59 Å². The smallest absolute Gasteiger partial charge is 0.310 e. The van der Waals surface area contributed by atoms with Crippen LogP contribution in [0.2, 0.25) is 0 Å². The minimum Gasteiger partial charge on any atom is -0.468 e. The highest BCUT2D eigenvalue weighted by molar-refractivity contribution is 8.76. The number of carbonyl (C=O) groups excluding carboxylic acids is 2. The molecule has 1 aromatic carbocycles. The number of aliphatic hydroxyl groups is 1. The molecular formula is C28H44N2O5S2. The van der Waals surface area contributed by atoms with Gasteiger partial charge in [0.05, 0.1) is 26.2 Å². The van der Waals surface area contributed by atoms with Crippen LogP contribution >= 0.6 is 21.6 Å². The van der Waals surface area contributed by atoms with E-state index in [0.717, 1.165) is 43.6 Å². The van der Waals surface area contributed by atoms with Gasteiger partial charge in [0, 0.05) is 24.6 Å². The van der Waals surface area contributed by atoms with Gasteiger partial charge < -0.3 is 24.4 Å². The van der Waals surface area contributed by atoms with Crippen LogP contribution in [0.4, 0.5) is 0 Å². The fraction of sp³-hybridized carbons (Fsp3) is 0.714. The molecule has 2 fully saturated rings. The zero-order valence-corrected chi connectivity index (χ0v) is 23.7. The number of hydrogen-bond acceptors (Lipinski definition) is 9. The van der Waals surface area contributed by atoms with E-state index in [2.05, 4.69) is 9.80 Å². The van der Waals surface area contributed by atoms with Gasteiger partial charge in [-0.15, -0.1) is 0 Å². The lowest BCUT2D eigenvalue weighted by Crippen LogP contribution is -2.35. The molecule has 3 rings (SSSR count). The Morgan fingerprint density at radius 2 is 1.38 bits per heavy atom. The highest BCUT2D eigenvalue weighted by atomic mass is 33.1. The highest BCUT2D eigenvalue weighted by Crippen LogP contribution is 2.25. The number of piperidine rings is 2. The van der Waals surface area contributed by atoms with E-state index in [1.165, 1.54) is 56.8 Å². The Labute approximate surface area is 230 Å². The second-order valence-corrected chi connectivity index (χ2v) is 12.8. The Morgan fingerprint density at radius 3 is 1.89 bits per heavy atom. The first kappa shape index (κ1) is 30.3. The number of ether oxygens (including phenoxy) is 2. The molecule has 2 aliphatic rings. The molecule has 0 aliphatic carbocycles. The maximum absolute atomic E-state index is 12.1. The third-order valence-corrected chi connectivity index (χ3v) is 9.90. The van der Waals surface area contributed by atoms with Crippen LogP contribution in [0, 0.1) is 11.8 Å². The summed E-state index contributed by atoms with van der Waals surface area (Å²) >= 11 is 0. The molecule has 208 valence electrons. The molecule has 0 atom stereocenters. The Bertz CT molecular complexity index is 766. The second kappa shape index (κ2) is 18.1. The number of aliphatic hydroxyl groups excluding tert-OH is 1. The lowest BCUT2D eigenvalue weighted by molar-refractivity contribution is -0.143. The van der Waals surface area contributed by atoms with Crippen molar-refractivity contribution >= 4 is 34.0 Å². The molecule has 2 aliphatic heterocycles. The molecule has 9 heteroatoms. The predicted octanol–water partition coefficient (Wildman–Crippen LogP) is 4.02. The summed E-state index contributed by atoms with van der Waals surface area (Å²) in [4.78, 5) is 27.5. The maximum atomic E-state index is 12.1. The SMILES string of the molecule is O=COCCC1CCN(CCSSCCN2CCC(CCOC(=O)Cc3ccc(CO)cc3)CC2)CC1. The third kappa shape index (κ3) is 12.4. The van der Waals surface area contributed by atoms with Crippen molar-refractivity contribution in [2.45, 2.75) is 51.6 Å². The van der Waals surface area contributed by atoms with Crippen LogP contribution in [0.15, 0.2) is 24.3 Å². The van der Waals surface area contributed by atoms with Crippen molar-refractivity contribution in [3.63, 3.8) is 0 Å². The molecule has 0 amide bonds. The summed E-state index contributed by atoms with van der Waals surface area (Å²) in [6, 6.07) is 7.44. The molecule has 0 saturated carbocycles. The molecule has 7 nitrogen and oxygen atoms in total. The molecule has 1 aromatic rings. The van der Waals surface area contributed by atoms with Crippen molar-refractivity contribution in [1.82, 2.24) is 9.80 Å². The zero-order chi connectivity index (χ0) is 26.1. The van der Waals surface area contributed by atoms with E-state index >= 15 is 0 Å². The fourth-order valence-corrected chi connectivity index (χ4v) is 7.11. The van der Waals surface area contributed by atoms with Gasteiger partial charge >= 0.3 is 5.97 Å². The fourth-order valence-electron chi connectivity index (χ4n) is 5.05. The number of likely N-dealkylation sites (tertiary alicyclic amines) is 2. The summed E-state index contributed by atoms with van der Waals surface area (Å²) in [5, 5.41) is 9.10. The van der Waals surface area contributed by atoms with Crippen LogP contribution < -0.4 is 0 Å². The van der Waals surface area contributed by atoms with E-state index < -0.39 is 0 Å². The highest BCUT2D eigenvalue weighted by Gasteiger charge is 2.20. The van der Waals surface area contributed by atoms with Crippen LogP contribution in [0.3, 0.4) is 0 Å². The Balaban J connectivity index is 1.13.